The van der Waals surface area contributed by atoms with Crippen molar-refractivity contribution < 1.29 is 0 Å². The molecule has 1 aromatic carbocycles. The number of thioether (sulfide) groups is 1. The maximum Gasteiger partial charge on any atom is 0.208 e. The summed E-state index contributed by atoms with van der Waals surface area (Å²) in [4.78, 5) is -0.0316. The first-order valence-corrected chi connectivity index (χ1v) is 6.84. The maximum atomic E-state index is 5.76. The van der Waals surface area contributed by atoms with Crippen LogP contribution in [0.4, 0.5) is 0 Å². The van der Waals surface area contributed by atoms with Crippen LogP contribution in [0.25, 0.3) is 0 Å². The second-order valence-corrected chi connectivity index (χ2v) is 6.50. The predicted octanol–water partition coefficient (Wildman–Crippen LogP) is 5.37. The Balaban J connectivity index is 2.65. The molecular weight excluding hydrogens is 329 g/mol. The molecule has 6 heteroatoms. The fourth-order valence-corrected chi connectivity index (χ4v) is 1.75. The standard InChI is InChI=1S/C10H5Cl5S/c11-7-1-3-8(4-2-7)16-6-5-10(14,15)9(12)13/h1-4,9H. The lowest BCUT2D eigenvalue weighted by molar-refractivity contribution is 1.10. The third-order valence-corrected chi connectivity index (χ3v) is 4.17. The summed E-state index contributed by atoms with van der Waals surface area (Å²) in [5.74, 6) is 2.57. The second-order valence-electron chi connectivity index (χ2n) is 2.71. The van der Waals surface area contributed by atoms with Crippen molar-refractivity contribution in [3.63, 3.8) is 0 Å². The molecular formula is C10H5Cl5S. The average Bonchev–Trinajstić information content (AvgIpc) is 2.20. The molecule has 1 aromatic rings. The predicted molar refractivity (Wildman–Crippen MR) is 75.0 cm³/mol. The zero-order valence-corrected chi connectivity index (χ0v) is 12.3. The summed E-state index contributed by atoms with van der Waals surface area (Å²) in [6.45, 7) is 0. The fraction of sp³-hybridized carbons (Fsp3) is 0.200. The Morgan fingerprint density at radius 2 is 1.69 bits per heavy atom. The molecule has 0 saturated carbocycles. The lowest BCUT2D eigenvalue weighted by Gasteiger charge is -2.11. The number of halogens is 5. The van der Waals surface area contributed by atoms with Gasteiger partial charge in [-0.2, -0.15) is 0 Å². The van der Waals surface area contributed by atoms with E-state index in [4.69, 9.17) is 58.0 Å². The molecule has 0 radical (unpaired) electrons. The minimum atomic E-state index is -1.46. The summed E-state index contributed by atoms with van der Waals surface area (Å²) < 4.78 is -1.46. The average molecular weight is 334 g/mol. The Morgan fingerprint density at radius 1 is 1.12 bits per heavy atom. The van der Waals surface area contributed by atoms with Crippen molar-refractivity contribution >= 4 is 69.8 Å². The molecule has 0 N–H and O–H groups in total. The minimum absolute atomic E-state index is 0.669. The molecule has 0 heterocycles. The second kappa shape index (κ2) is 6.50. The Kier molecular flexibility index (Phi) is 5.94. The first-order chi connectivity index (χ1) is 7.42. The van der Waals surface area contributed by atoms with Gasteiger partial charge in [0.1, 0.15) is 0 Å². The van der Waals surface area contributed by atoms with Crippen LogP contribution in [0.5, 0.6) is 0 Å². The molecule has 0 unspecified atom stereocenters. The van der Waals surface area contributed by atoms with E-state index in [0.717, 1.165) is 4.90 Å². The van der Waals surface area contributed by atoms with Gasteiger partial charge in [-0.1, -0.05) is 34.8 Å². The number of benzene rings is 1. The van der Waals surface area contributed by atoms with Gasteiger partial charge in [-0.15, -0.1) is 23.2 Å². The Morgan fingerprint density at radius 3 is 2.19 bits per heavy atom. The van der Waals surface area contributed by atoms with Crippen LogP contribution in [0, 0.1) is 11.2 Å². The summed E-state index contributed by atoms with van der Waals surface area (Å²) >= 11 is 29.6. The van der Waals surface area contributed by atoms with Crippen molar-refractivity contribution in [2.75, 3.05) is 0 Å². The molecule has 0 spiro atoms. The minimum Gasteiger partial charge on any atom is -0.101 e. The molecule has 0 bridgehead atoms. The molecule has 0 atom stereocenters. The molecule has 0 aromatic heterocycles. The molecule has 0 saturated heterocycles. The summed E-state index contributed by atoms with van der Waals surface area (Å²) in [6, 6.07) is 7.22. The van der Waals surface area contributed by atoms with Crippen molar-refractivity contribution in [1.82, 2.24) is 0 Å². The van der Waals surface area contributed by atoms with E-state index >= 15 is 0 Å². The molecule has 86 valence electrons. The van der Waals surface area contributed by atoms with Gasteiger partial charge in [0.05, 0.1) is 0 Å². The largest absolute Gasteiger partial charge is 0.208 e. The molecule has 16 heavy (non-hydrogen) atoms. The smallest absolute Gasteiger partial charge is 0.101 e. The molecule has 0 aliphatic rings. The lowest BCUT2D eigenvalue weighted by Crippen LogP contribution is -2.18. The maximum absolute atomic E-state index is 5.76. The van der Waals surface area contributed by atoms with E-state index in [2.05, 4.69) is 11.2 Å². The molecule has 0 aliphatic carbocycles. The van der Waals surface area contributed by atoms with Crippen LogP contribution in [0.3, 0.4) is 0 Å². The van der Waals surface area contributed by atoms with Crippen LogP contribution in [-0.4, -0.2) is 9.17 Å². The van der Waals surface area contributed by atoms with Crippen LogP contribution in [0.2, 0.25) is 5.02 Å². The summed E-state index contributed by atoms with van der Waals surface area (Å²) in [5.41, 5.74) is 0. The first kappa shape index (κ1) is 14.6. The van der Waals surface area contributed by atoms with Crippen LogP contribution in [-0.2, 0) is 0 Å². The number of hydrogen-bond acceptors (Lipinski definition) is 1. The van der Waals surface area contributed by atoms with Crippen molar-refractivity contribution in [2.24, 2.45) is 0 Å². The van der Waals surface area contributed by atoms with Crippen LogP contribution < -0.4 is 0 Å². The molecule has 0 amide bonds. The highest BCUT2D eigenvalue weighted by atomic mass is 35.5. The van der Waals surface area contributed by atoms with Crippen molar-refractivity contribution in [2.45, 2.75) is 14.1 Å². The molecule has 0 fully saturated rings. The van der Waals surface area contributed by atoms with Crippen LogP contribution >= 0.6 is 69.8 Å². The van der Waals surface area contributed by atoms with E-state index in [1.165, 1.54) is 11.8 Å². The fourth-order valence-electron chi connectivity index (χ4n) is 0.710. The third kappa shape index (κ3) is 4.84. The van der Waals surface area contributed by atoms with E-state index in [9.17, 15) is 0 Å². The Labute approximate surface area is 124 Å². The molecule has 0 aliphatic heterocycles. The van der Waals surface area contributed by atoms with Gasteiger partial charge in [-0.3, -0.25) is 0 Å². The third-order valence-electron chi connectivity index (χ3n) is 1.47. The van der Waals surface area contributed by atoms with E-state index in [1.807, 2.05) is 12.1 Å². The van der Waals surface area contributed by atoms with E-state index in [0.29, 0.717) is 5.02 Å². The lowest BCUT2D eigenvalue weighted by atomic mass is 10.4. The Bertz CT molecular complexity index is 401. The summed E-state index contributed by atoms with van der Waals surface area (Å²) in [5, 5.41) is 3.40. The SMILES string of the molecule is Clc1ccc(SC#CC(Cl)(Cl)C(Cl)Cl)cc1. The van der Waals surface area contributed by atoms with Crippen molar-refractivity contribution in [3.8, 4) is 11.2 Å². The first-order valence-electron chi connectivity index (χ1n) is 4.02. The quantitative estimate of drug-likeness (QED) is 0.398. The van der Waals surface area contributed by atoms with Gasteiger partial charge in [-0.25, -0.2) is 0 Å². The van der Waals surface area contributed by atoms with Crippen molar-refractivity contribution in [3.05, 3.63) is 29.3 Å². The molecule has 1 rings (SSSR count). The van der Waals surface area contributed by atoms with Gasteiger partial charge in [-0.05, 0) is 47.2 Å². The Hall–Kier alpha value is 0.580. The van der Waals surface area contributed by atoms with Gasteiger partial charge in [0.15, 0.2) is 4.84 Å². The van der Waals surface area contributed by atoms with Gasteiger partial charge < -0.3 is 0 Å². The highest BCUT2D eigenvalue weighted by molar-refractivity contribution is 8.04. The highest BCUT2D eigenvalue weighted by Gasteiger charge is 2.29. The zero-order chi connectivity index (χ0) is 12.2. The van der Waals surface area contributed by atoms with Gasteiger partial charge >= 0.3 is 0 Å². The normalized spacial score (nSPS) is 11.1. The zero-order valence-electron chi connectivity index (χ0n) is 7.68. The van der Waals surface area contributed by atoms with Gasteiger partial charge in [0.2, 0.25) is 4.33 Å². The van der Waals surface area contributed by atoms with Gasteiger partial charge in [0, 0.05) is 9.92 Å². The summed E-state index contributed by atoms with van der Waals surface area (Å²) in [6.07, 6.45) is 0. The van der Waals surface area contributed by atoms with Crippen LogP contribution in [0.15, 0.2) is 29.2 Å². The van der Waals surface area contributed by atoms with Gasteiger partial charge in [0.25, 0.3) is 0 Å². The number of alkyl halides is 4. The molecule has 0 nitrogen and oxygen atoms in total. The van der Waals surface area contributed by atoms with Crippen LogP contribution in [0.1, 0.15) is 0 Å². The van der Waals surface area contributed by atoms with E-state index in [-0.39, 0.29) is 0 Å². The summed E-state index contributed by atoms with van der Waals surface area (Å²) in [7, 11) is 0. The van der Waals surface area contributed by atoms with Crippen molar-refractivity contribution in [1.29, 1.82) is 0 Å². The highest BCUT2D eigenvalue weighted by Crippen LogP contribution is 2.31. The number of hydrogen-bond donors (Lipinski definition) is 0. The number of rotatable bonds is 2. The van der Waals surface area contributed by atoms with E-state index in [1.54, 1.807) is 12.1 Å². The topological polar surface area (TPSA) is 0 Å². The monoisotopic (exact) mass is 332 g/mol. The van der Waals surface area contributed by atoms with E-state index < -0.39 is 9.17 Å².